The summed E-state index contributed by atoms with van der Waals surface area (Å²) in [4.78, 5) is 0. The van der Waals surface area contributed by atoms with Crippen LogP contribution in [-0.2, 0) is 5.41 Å². The standard InChI is InChI=1S/C10H14FN.ClH/c1-10(2,3)7-4-5-9(12)8(11)6-7;/h4-6H,12H2,1-3H3;1H. The van der Waals surface area contributed by atoms with E-state index in [1.165, 1.54) is 6.07 Å². The van der Waals surface area contributed by atoms with E-state index in [2.05, 4.69) is 0 Å². The Labute approximate surface area is 84.5 Å². The molecule has 0 atom stereocenters. The van der Waals surface area contributed by atoms with E-state index in [1.807, 2.05) is 26.8 Å². The first-order valence-electron chi connectivity index (χ1n) is 3.97. The molecule has 0 radical (unpaired) electrons. The van der Waals surface area contributed by atoms with Gasteiger partial charge >= 0.3 is 0 Å². The van der Waals surface area contributed by atoms with Gasteiger partial charge in [0.05, 0.1) is 5.69 Å². The number of halogens is 2. The molecule has 1 aromatic carbocycles. The molecule has 0 heterocycles. The van der Waals surface area contributed by atoms with Crippen LogP contribution < -0.4 is 5.73 Å². The summed E-state index contributed by atoms with van der Waals surface area (Å²) in [5, 5.41) is 0. The van der Waals surface area contributed by atoms with Crippen LogP contribution in [0.3, 0.4) is 0 Å². The molecule has 0 aliphatic rings. The van der Waals surface area contributed by atoms with Gasteiger partial charge in [-0.2, -0.15) is 0 Å². The molecule has 1 rings (SSSR count). The Morgan fingerprint density at radius 3 is 2.15 bits per heavy atom. The molecule has 0 aliphatic heterocycles. The Morgan fingerprint density at radius 1 is 1.23 bits per heavy atom. The normalized spacial score (nSPS) is 10.8. The highest BCUT2D eigenvalue weighted by Crippen LogP contribution is 2.24. The average Bonchev–Trinajstić information content (AvgIpc) is 1.92. The fraction of sp³-hybridized carbons (Fsp3) is 0.400. The molecular weight excluding hydrogens is 189 g/mol. The second kappa shape index (κ2) is 3.97. The van der Waals surface area contributed by atoms with Gasteiger partial charge in [-0.25, -0.2) is 4.39 Å². The number of rotatable bonds is 0. The summed E-state index contributed by atoms with van der Waals surface area (Å²) in [7, 11) is 0. The Bertz CT molecular complexity index is 291. The average molecular weight is 204 g/mol. The molecule has 0 fully saturated rings. The van der Waals surface area contributed by atoms with Crippen LogP contribution in [0.4, 0.5) is 10.1 Å². The molecule has 0 saturated carbocycles. The van der Waals surface area contributed by atoms with Crippen molar-refractivity contribution in [2.24, 2.45) is 0 Å². The molecule has 0 bridgehead atoms. The van der Waals surface area contributed by atoms with Crippen LogP contribution in [0.1, 0.15) is 26.3 Å². The van der Waals surface area contributed by atoms with Crippen molar-refractivity contribution in [3.63, 3.8) is 0 Å². The first-order chi connectivity index (χ1) is 5.41. The molecule has 13 heavy (non-hydrogen) atoms. The lowest BCUT2D eigenvalue weighted by atomic mass is 9.87. The van der Waals surface area contributed by atoms with Crippen molar-refractivity contribution >= 4 is 18.1 Å². The van der Waals surface area contributed by atoms with Gasteiger partial charge in [0, 0.05) is 0 Å². The summed E-state index contributed by atoms with van der Waals surface area (Å²) < 4.78 is 13.0. The predicted octanol–water partition coefficient (Wildman–Crippen LogP) is 3.13. The third-order valence-electron chi connectivity index (χ3n) is 1.87. The minimum absolute atomic E-state index is 0. The Hall–Kier alpha value is -0.760. The lowest BCUT2D eigenvalue weighted by Crippen LogP contribution is -2.11. The second-order valence-electron chi connectivity index (χ2n) is 3.99. The third-order valence-corrected chi connectivity index (χ3v) is 1.87. The number of hydrogen-bond acceptors (Lipinski definition) is 1. The van der Waals surface area contributed by atoms with E-state index in [1.54, 1.807) is 6.07 Å². The van der Waals surface area contributed by atoms with Gasteiger partial charge in [-0.3, -0.25) is 0 Å². The van der Waals surface area contributed by atoms with Gasteiger partial charge in [0.1, 0.15) is 5.82 Å². The van der Waals surface area contributed by atoms with Gasteiger partial charge in [0.2, 0.25) is 0 Å². The summed E-state index contributed by atoms with van der Waals surface area (Å²) in [6, 6.07) is 4.96. The van der Waals surface area contributed by atoms with Crippen molar-refractivity contribution in [3.05, 3.63) is 29.6 Å². The Kier molecular flexibility index (Phi) is 3.73. The van der Waals surface area contributed by atoms with Crippen LogP contribution in [0, 0.1) is 5.82 Å². The van der Waals surface area contributed by atoms with E-state index in [9.17, 15) is 4.39 Å². The van der Waals surface area contributed by atoms with Gasteiger partial charge in [-0.05, 0) is 23.1 Å². The molecule has 0 aliphatic carbocycles. The monoisotopic (exact) mass is 203 g/mol. The highest BCUT2D eigenvalue weighted by Gasteiger charge is 2.14. The highest BCUT2D eigenvalue weighted by atomic mass is 35.5. The lowest BCUT2D eigenvalue weighted by molar-refractivity contribution is 0.574. The Balaban J connectivity index is 0.00000144. The van der Waals surface area contributed by atoms with E-state index < -0.39 is 0 Å². The van der Waals surface area contributed by atoms with Gasteiger partial charge in [-0.1, -0.05) is 26.8 Å². The fourth-order valence-corrected chi connectivity index (χ4v) is 0.994. The number of hydrogen-bond donors (Lipinski definition) is 1. The van der Waals surface area contributed by atoms with Crippen LogP contribution in [-0.4, -0.2) is 0 Å². The molecule has 0 aromatic heterocycles. The van der Waals surface area contributed by atoms with Crippen LogP contribution in [0.5, 0.6) is 0 Å². The van der Waals surface area contributed by atoms with Gasteiger partial charge in [-0.15, -0.1) is 12.4 Å². The van der Waals surface area contributed by atoms with Gasteiger partial charge in [0.15, 0.2) is 0 Å². The topological polar surface area (TPSA) is 26.0 Å². The maximum absolute atomic E-state index is 13.0. The van der Waals surface area contributed by atoms with Crippen LogP contribution >= 0.6 is 12.4 Å². The fourth-order valence-electron chi connectivity index (χ4n) is 0.994. The molecular formula is C10H15ClFN. The molecule has 0 spiro atoms. The molecule has 74 valence electrons. The minimum atomic E-state index is -0.331. The number of nitrogens with two attached hydrogens (primary N) is 1. The summed E-state index contributed by atoms with van der Waals surface area (Å²) in [5.74, 6) is -0.331. The number of anilines is 1. The van der Waals surface area contributed by atoms with E-state index in [0.29, 0.717) is 0 Å². The zero-order valence-electron chi connectivity index (χ0n) is 8.10. The summed E-state index contributed by atoms with van der Waals surface area (Å²) in [6.45, 7) is 6.12. The zero-order chi connectivity index (χ0) is 9.35. The Morgan fingerprint density at radius 2 is 1.77 bits per heavy atom. The molecule has 2 N–H and O–H groups in total. The summed E-state index contributed by atoms with van der Waals surface area (Å²) in [5.41, 5.74) is 6.52. The van der Waals surface area contributed by atoms with Crippen LogP contribution in [0.2, 0.25) is 0 Å². The maximum atomic E-state index is 13.0. The van der Waals surface area contributed by atoms with E-state index in [-0.39, 0.29) is 29.3 Å². The van der Waals surface area contributed by atoms with Crippen molar-refractivity contribution in [2.75, 3.05) is 5.73 Å². The van der Waals surface area contributed by atoms with Crippen molar-refractivity contribution < 1.29 is 4.39 Å². The van der Waals surface area contributed by atoms with Crippen LogP contribution in [0.25, 0.3) is 0 Å². The smallest absolute Gasteiger partial charge is 0.146 e. The molecule has 3 heteroatoms. The SMILES string of the molecule is CC(C)(C)c1ccc(N)c(F)c1.Cl. The van der Waals surface area contributed by atoms with Gasteiger partial charge < -0.3 is 5.73 Å². The predicted molar refractivity (Wildman–Crippen MR) is 56.8 cm³/mol. The lowest BCUT2D eigenvalue weighted by Gasteiger charge is -2.19. The van der Waals surface area contributed by atoms with Crippen molar-refractivity contribution in [3.8, 4) is 0 Å². The van der Waals surface area contributed by atoms with E-state index >= 15 is 0 Å². The second-order valence-corrected chi connectivity index (χ2v) is 3.99. The van der Waals surface area contributed by atoms with Crippen molar-refractivity contribution in [1.29, 1.82) is 0 Å². The first kappa shape index (κ1) is 12.2. The highest BCUT2D eigenvalue weighted by molar-refractivity contribution is 5.85. The van der Waals surface area contributed by atoms with Crippen LogP contribution in [0.15, 0.2) is 18.2 Å². The molecule has 0 unspecified atom stereocenters. The number of nitrogen functional groups attached to an aromatic ring is 1. The van der Waals surface area contributed by atoms with E-state index in [4.69, 9.17) is 5.73 Å². The zero-order valence-corrected chi connectivity index (χ0v) is 8.91. The van der Waals surface area contributed by atoms with E-state index in [0.717, 1.165) is 5.56 Å². The molecule has 0 saturated heterocycles. The molecule has 1 aromatic rings. The summed E-state index contributed by atoms with van der Waals surface area (Å²) in [6.07, 6.45) is 0. The first-order valence-corrected chi connectivity index (χ1v) is 3.97. The van der Waals surface area contributed by atoms with Crippen molar-refractivity contribution in [2.45, 2.75) is 26.2 Å². The largest absolute Gasteiger partial charge is 0.396 e. The summed E-state index contributed by atoms with van der Waals surface area (Å²) >= 11 is 0. The third kappa shape index (κ3) is 2.88. The number of benzene rings is 1. The minimum Gasteiger partial charge on any atom is -0.396 e. The quantitative estimate of drug-likeness (QED) is 0.645. The molecule has 1 nitrogen and oxygen atoms in total. The molecule has 0 amide bonds. The van der Waals surface area contributed by atoms with Gasteiger partial charge in [0.25, 0.3) is 0 Å². The maximum Gasteiger partial charge on any atom is 0.146 e. The van der Waals surface area contributed by atoms with Crippen molar-refractivity contribution in [1.82, 2.24) is 0 Å².